The van der Waals surface area contributed by atoms with E-state index < -0.39 is 16.8 Å². The fourth-order valence-corrected chi connectivity index (χ4v) is 4.32. The molecule has 2 N–H and O–H groups in total. The van der Waals surface area contributed by atoms with E-state index in [4.69, 9.17) is 16.0 Å². The number of aryl methyl sites for hydroxylation is 1. The van der Waals surface area contributed by atoms with Gasteiger partial charge in [0.1, 0.15) is 17.1 Å². The number of aliphatic imine (C=N–C) groups is 1. The predicted molar refractivity (Wildman–Crippen MR) is 138 cm³/mol. The van der Waals surface area contributed by atoms with E-state index in [1.54, 1.807) is 43.3 Å². The maximum atomic E-state index is 13.8. The van der Waals surface area contributed by atoms with E-state index in [9.17, 15) is 20.0 Å². The van der Waals surface area contributed by atoms with E-state index >= 15 is 0 Å². The van der Waals surface area contributed by atoms with E-state index in [-0.39, 0.29) is 33.4 Å². The first-order valence-corrected chi connectivity index (χ1v) is 11.4. The van der Waals surface area contributed by atoms with Gasteiger partial charge < -0.3 is 9.62 Å². The van der Waals surface area contributed by atoms with Crippen molar-refractivity contribution in [1.29, 1.82) is 0 Å². The maximum absolute atomic E-state index is 13.8. The Bertz CT molecular complexity index is 1660. The largest absolute Gasteiger partial charge is 0.595 e. The summed E-state index contributed by atoms with van der Waals surface area (Å²) in [4.78, 5) is 32.6. The number of carbonyl (C=O) groups excluding carboxylic acids is 1. The molecular weight excluding hydrogens is 482 g/mol. The van der Waals surface area contributed by atoms with Crippen LogP contribution in [-0.2, 0) is 4.79 Å². The van der Waals surface area contributed by atoms with E-state index in [1.165, 1.54) is 23.1 Å². The molecule has 1 aromatic heterocycles. The first-order valence-electron chi connectivity index (χ1n) is 11.0. The smallest absolute Gasteiger partial charge is 0.343 e. The van der Waals surface area contributed by atoms with Gasteiger partial charge in [0.05, 0.1) is 16.3 Å². The molecule has 0 radical (unpaired) electrons. The Morgan fingerprint density at radius 2 is 1.83 bits per heavy atom. The summed E-state index contributed by atoms with van der Waals surface area (Å²) < 4.78 is 5.46. The van der Waals surface area contributed by atoms with Crippen LogP contribution in [0.5, 0.6) is 0 Å². The van der Waals surface area contributed by atoms with Crippen molar-refractivity contribution in [2.45, 2.75) is 13.8 Å². The Hall–Kier alpha value is -4.08. The van der Waals surface area contributed by atoms with Crippen molar-refractivity contribution in [1.82, 2.24) is 0 Å². The Balaban J connectivity index is 1.75. The number of carbonyl (C=O) groups is 1. The van der Waals surface area contributed by atoms with Gasteiger partial charge >= 0.3 is 5.63 Å². The number of hydrogen-bond acceptors (Lipinski definition) is 6. The van der Waals surface area contributed by atoms with Crippen LogP contribution in [0.3, 0.4) is 0 Å². The standard InChI is InChI=1S/C27H20ClN3O5/c1-15-6-5-8-18(12-15)30-25(21-14-19(31(34)35)10-11-22(21)28)29-24(26(30)32)16(2)20-13-17-7-3-4-9-23(17)36-27(20)33/h3-14,31,34H,1-2H3/b24-16+. The van der Waals surface area contributed by atoms with Gasteiger partial charge in [0.2, 0.25) is 0 Å². The number of rotatable bonds is 4. The molecule has 0 aliphatic carbocycles. The quantitative estimate of drug-likeness (QED) is 0.245. The number of anilines is 1. The molecule has 5 rings (SSSR count). The fraction of sp³-hybridized carbons (Fsp3) is 0.0741. The molecule has 0 saturated carbocycles. The highest BCUT2D eigenvalue weighted by atomic mass is 35.5. The summed E-state index contributed by atoms with van der Waals surface area (Å²) in [7, 11) is 0. The number of quaternary nitrogens is 1. The maximum Gasteiger partial charge on any atom is 0.343 e. The minimum Gasteiger partial charge on any atom is -0.595 e. The molecule has 1 atom stereocenters. The molecule has 0 spiro atoms. The zero-order chi connectivity index (χ0) is 25.6. The van der Waals surface area contributed by atoms with Crippen LogP contribution in [-0.4, -0.2) is 17.0 Å². The third kappa shape index (κ3) is 4.12. The molecule has 1 aliphatic rings. The van der Waals surface area contributed by atoms with Gasteiger partial charge in [-0.1, -0.05) is 41.9 Å². The zero-order valence-corrected chi connectivity index (χ0v) is 20.0. The highest BCUT2D eigenvalue weighted by molar-refractivity contribution is 6.40. The van der Waals surface area contributed by atoms with E-state index in [1.807, 2.05) is 25.1 Å². The van der Waals surface area contributed by atoms with Gasteiger partial charge in [0.15, 0.2) is 5.69 Å². The molecule has 0 bridgehead atoms. The van der Waals surface area contributed by atoms with Crippen LogP contribution < -0.4 is 15.8 Å². The van der Waals surface area contributed by atoms with Gasteiger partial charge in [-0.15, -0.1) is 0 Å². The van der Waals surface area contributed by atoms with Gasteiger partial charge in [-0.05, 0) is 55.3 Å². The lowest BCUT2D eigenvalue weighted by Crippen LogP contribution is -2.99. The number of amidine groups is 1. The van der Waals surface area contributed by atoms with E-state index in [0.29, 0.717) is 22.2 Å². The Morgan fingerprint density at radius 1 is 1.06 bits per heavy atom. The number of benzene rings is 3. The lowest BCUT2D eigenvalue weighted by Gasteiger charge is -2.20. The molecule has 9 heteroatoms. The van der Waals surface area contributed by atoms with Gasteiger partial charge in [-0.25, -0.2) is 15.0 Å². The number of fused-ring (bicyclic) bond motifs is 1. The molecule has 3 aromatic carbocycles. The van der Waals surface area contributed by atoms with Crippen molar-refractivity contribution in [2.75, 3.05) is 4.90 Å². The molecule has 36 heavy (non-hydrogen) atoms. The zero-order valence-electron chi connectivity index (χ0n) is 19.3. The first-order chi connectivity index (χ1) is 17.2. The fourth-order valence-electron chi connectivity index (χ4n) is 4.12. The number of amides is 1. The molecule has 4 aromatic rings. The summed E-state index contributed by atoms with van der Waals surface area (Å²) in [5.41, 5.74) is 2.13. The van der Waals surface area contributed by atoms with E-state index in [0.717, 1.165) is 5.56 Å². The van der Waals surface area contributed by atoms with Gasteiger partial charge in [-0.2, -0.15) is 5.23 Å². The van der Waals surface area contributed by atoms with Crippen LogP contribution in [0.2, 0.25) is 5.02 Å². The lowest BCUT2D eigenvalue weighted by molar-refractivity contribution is -0.991. The molecule has 1 aliphatic heterocycles. The van der Waals surface area contributed by atoms with Crippen LogP contribution in [0.4, 0.5) is 11.4 Å². The average molecular weight is 502 g/mol. The second kappa shape index (κ2) is 9.18. The molecule has 0 fully saturated rings. The number of allylic oxidation sites excluding steroid dienone is 1. The molecule has 2 heterocycles. The van der Waals surface area contributed by atoms with Crippen LogP contribution in [0.1, 0.15) is 23.6 Å². The Kier molecular flexibility index (Phi) is 6.03. The number of nitrogens with zero attached hydrogens (tertiary/aromatic N) is 2. The summed E-state index contributed by atoms with van der Waals surface area (Å²) in [6.45, 7) is 3.52. The Morgan fingerprint density at radius 3 is 2.58 bits per heavy atom. The highest BCUT2D eigenvalue weighted by Gasteiger charge is 2.36. The highest BCUT2D eigenvalue weighted by Crippen LogP contribution is 2.33. The molecule has 1 unspecified atom stereocenters. The van der Waals surface area contributed by atoms with Crippen LogP contribution in [0.15, 0.2) is 92.7 Å². The molecule has 0 saturated heterocycles. The van der Waals surface area contributed by atoms with Crippen LogP contribution in [0, 0.1) is 12.1 Å². The normalized spacial score (nSPS) is 15.9. The van der Waals surface area contributed by atoms with Gasteiger partial charge in [0, 0.05) is 23.1 Å². The summed E-state index contributed by atoms with van der Waals surface area (Å²) in [5, 5.41) is 20.9. The van der Waals surface area contributed by atoms with Crippen LogP contribution >= 0.6 is 11.6 Å². The van der Waals surface area contributed by atoms with Crippen LogP contribution in [0.25, 0.3) is 16.5 Å². The number of nitrogens with one attached hydrogen (secondary N) is 1. The number of para-hydroxylation sites is 1. The van der Waals surface area contributed by atoms with Crippen molar-refractivity contribution in [3.8, 4) is 0 Å². The molecular formula is C27H20ClN3O5. The minimum absolute atomic E-state index is 0.00179. The second-order valence-corrected chi connectivity index (χ2v) is 8.78. The van der Waals surface area contributed by atoms with Crippen molar-refractivity contribution in [3.05, 3.63) is 116 Å². The minimum atomic E-state index is -1.14. The predicted octanol–water partition coefficient (Wildman–Crippen LogP) is 4.38. The number of hydrogen-bond donors (Lipinski definition) is 2. The van der Waals surface area contributed by atoms with Crippen molar-refractivity contribution >= 4 is 51.3 Å². The first kappa shape index (κ1) is 23.7. The molecule has 1 amide bonds. The van der Waals surface area contributed by atoms with E-state index in [2.05, 4.69) is 4.99 Å². The third-order valence-electron chi connectivity index (χ3n) is 5.95. The van der Waals surface area contributed by atoms with Gasteiger partial charge in [-0.3, -0.25) is 9.69 Å². The third-order valence-corrected chi connectivity index (χ3v) is 6.28. The summed E-state index contributed by atoms with van der Waals surface area (Å²) in [6.07, 6.45) is 0. The van der Waals surface area contributed by atoms with Crippen molar-refractivity contribution < 1.29 is 19.6 Å². The SMILES string of the molecule is C/C(=C1\N=C(c2cc([NH+]([O-])O)ccc2Cl)N(c2cccc(C)c2)C1=O)c1cc2ccccc2oc1=O. The van der Waals surface area contributed by atoms with Gasteiger partial charge in [0.25, 0.3) is 5.91 Å². The average Bonchev–Trinajstić information content (AvgIpc) is 3.20. The monoisotopic (exact) mass is 501 g/mol. The summed E-state index contributed by atoms with van der Waals surface area (Å²) >= 11 is 6.45. The number of halogens is 1. The lowest BCUT2D eigenvalue weighted by atomic mass is 10.1. The molecule has 8 nitrogen and oxygen atoms in total. The second-order valence-electron chi connectivity index (χ2n) is 8.37. The summed E-state index contributed by atoms with van der Waals surface area (Å²) in [5.74, 6) is -0.310. The summed E-state index contributed by atoms with van der Waals surface area (Å²) in [6, 6.07) is 20.2. The van der Waals surface area contributed by atoms with Crippen molar-refractivity contribution in [2.24, 2.45) is 4.99 Å². The molecule has 180 valence electrons. The van der Waals surface area contributed by atoms with Crippen molar-refractivity contribution in [3.63, 3.8) is 0 Å². The topological polar surface area (TPSA) is 111 Å². The Labute approximate surface area is 210 Å².